The summed E-state index contributed by atoms with van der Waals surface area (Å²) < 4.78 is 19.7. The molecule has 203 valence electrons. The van der Waals surface area contributed by atoms with Crippen molar-refractivity contribution in [2.75, 3.05) is 0 Å². The fraction of sp³-hybridized carbons (Fsp3) is 0.0571. The van der Waals surface area contributed by atoms with Crippen LogP contribution in [0.5, 0.6) is 0 Å². The SMILES string of the molecule is Cc1cccc(C)c1-c1ccc2c(n1)oc1c(-c3cccc(F)n3)[c-]ccc12.[Ir].[c-]1ccccc1-c1ccccn1. The van der Waals surface area contributed by atoms with Gasteiger partial charge in [0.1, 0.15) is 0 Å². The number of pyridine rings is 3. The van der Waals surface area contributed by atoms with Crippen molar-refractivity contribution in [2.24, 2.45) is 0 Å². The molecule has 0 spiro atoms. The van der Waals surface area contributed by atoms with Crippen LogP contribution in [0.4, 0.5) is 4.39 Å². The Kier molecular flexibility index (Phi) is 8.44. The van der Waals surface area contributed by atoms with Crippen LogP contribution in [-0.2, 0) is 20.1 Å². The Labute approximate surface area is 251 Å². The number of aromatic nitrogens is 3. The Morgan fingerprint density at radius 1 is 0.659 bits per heavy atom. The third-order valence-corrected chi connectivity index (χ3v) is 6.66. The van der Waals surface area contributed by atoms with Gasteiger partial charge in [-0.2, -0.15) is 4.39 Å². The van der Waals surface area contributed by atoms with Gasteiger partial charge in [0.2, 0.25) is 11.7 Å². The van der Waals surface area contributed by atoms with Crippen LogP contribution in [0.15, 0.2) is 114 Å². The fourth-order valence-corrected chi connectivity index (χ4v) is 4.79. The van der Waals surface area contributed by atoms with Gasteiger partial charge in [0, 0.05) is 37.3 Å². The first-order valence-electron chi connectivity index (χ1n) is 12.9. The summed E-state index contributed by atoms with van der Waals surface area (Å²) in [4.78, 5) is 13.0. The van der Waals surface area contributed by atoms with Crippen LogP contribution < -0.4 is 0 Å². The largest absolute Gasteiger partial charge is 0.486 e. The number of hydrogen-bond acceptors (Lipinski definition) is 4. The van der Waals surface area contributed by atoms with Gasteiger partial charge in [0.25, 0.3) is 0 Å². The number of rotatable bonds is 3. The number of benzene rings is 3. The maximum absolute atomic E-state index is 13.6. The molecule has 0 atom stereocenters. The van der Waals surface area contributed by atoms with Gasteiger partial charge in [-0.15, -0.1) is 54.1 Å². The smallest absolute Gasteiger partial charge is 0.216 e. The van der Waals surface area contributed by atoms with E-state index in [9.17, 15) is 4.39 Å². The first-order valence-corrected chi connectivity index (χ1v) is 12.9. The summed E-state index contributed by atoms with van der Waals surface area (Å²) in [5, 5.41) is 1.83. The molecule has 0 bridgehead atoms. The Morgan fingerprint density at radius 2 is 1.44 bits per heavy atom. The van der Waals surface area contributed by atoms with E-state index in [1.807, 2.05) is 66.7 Å². The third-order valence-electron chi connectivity index (χ3n) is 6.66. The van der Waals surface area contributed by atoms with E-state index in [1.54, 1.807) is 24.4 Å². The van der Waals surface area contributed by atoms with Crippen LogP contribution >= 0.6 is 0 Å². The Balaban J connectivity index is 0.000000218. The molecular weight excluding hydrogens is 690 g/mol. The van der Waals surface area contributed by atoms with Crippen molar-refractivity contribution in [3.8, 4) is 33.8 Å². The molecule has 4 aromatic heterocycles. The van der Waals surface area contributed by atoms with Crippen LogP contribution in [0.1, 0.15) is 11.1 Å². The monoisotopic (exact) mass is 714 g/mol. The quantitative estimate of drug-likeness (QED) is 0.136. The van der Waals surface area contributed by atoms with Crippen LogP contribution in [0, 0.1) is 31.9 Å². The summed E-state index contributed by atoms with van der Waals surface area (Å²) in [7, 11) is 0. The summed E-state index contributed by atoms with van der Waals surface area (Å²) in [5.74, 6) is -0.533. The molecule has 3 aromatic carbocycles. The zero-order chi connectivity index (χ0) is 27.5. The Bertz CT molecular complexity index is 1880. The molecule has 0 saturated carbocycles. The van der Waals surface area contributed by atoms with Crippen molar-refractivity contribution < 1.29 is 28.9 Å². The van der Waals surface area contributed by atoms with Crippen LogP contribution in [0.2, 0.25) is 0 Å². The van der Waals surface area contributed by atoms with Gasteiger partial charge in [-0.1, -0.05) is 53.4 Å². The molecule has 0 amide bonds. The summed E-state index contributed by atoms with van der Waals surface area (Å²) in [6.45, 7) is 4.16. The predicted molar refractivity (Wildman–Crippen MR) is 157 cm³/mol. The van der Waals surface area contributed by atoms with Crippen molar-refractivity contribution in [3.63, 3.8) is 0 Å². The van der Waals surface area contributed by atoms with Crippen LogP contribution in [0.3, 0.4) is 0 Å². The fourth-order valence-electron chi connectivity index (χ4n) is 4.79. The first kappa shape index (κ1) is 28.0. The van der Waals surface area contributed by atoms with Crippen LogP contribution in [0.25, 0.3) is 55.8 Å². The molecule has 0 N–H and O–H groups in total. The molecule has 4 heterocycles. The second-order valence-electron chi connectivity index (χ2n) is 9.35. The number of nitrogens with zero attached hydrogens (tertiary/aromatic N) is 3. The van der Waals surface area contributed by atoms with Gasteiger partial charge in [-0.3, -0.25) is 4.98 Å². The van der Waals surface area contributed by atoms with Crippen molar-refractivity contribution in [3.05, 3.63) is 139 Å². The number of hydrogen-bond donors (Lipinski definition) is 0. The Morgan fingerprint density at radius 3 is 2.17 bits per heavy atom. The predicted octanol–water partition coefficient (Wildman–Crippen LogP) is 8.81. The normalized spacial score (nSPS) is 10.6. The second kappa shape index (κ2) is 12.3. The van der Waals surface area contributed by atoms with E-state index in [0.717, 1.165) is 33.3 Å². The number of halogens is 1. The second-order valence-corrected chi connectivity index (χ2v) is 9.35. The topological polar surface area (TPSA) is 51.8 Å². The maximum Gasteiger partial charge on any atom is 0.216 e. The average Bonchev–Trinajstić information content (AvgIpc) is 3.36. The van der Waals surface area contributed by atoms with Crippen LogP contribution in [-0.4, -0.2) is 15.0 Å². The summed E-state index contributed by atoms with van der Waals surface area (Å²) in [6.07, 6.45) is 1.79. The van der Waals surface area contributed by atoms with Gasteiger partial charge in [-0.05, 0) is 60.6 Å². The molecule has 6 heteroatoms. The first-order chi connectivity index (χ1) is 19.6. The molecule has 0 saturated heterocycles. The summed E-state index contributed by atoms with van der Waals surface area (Å²) in [6, 6.07) is 38.6. The minimum atomic E-state index is -0.533. The molecule has 0 unspecified atom stereocenters. The van der Waals surface area contributed by atoms with Gasteiger partial charge < -0.3 is 9.40 Å². The van der Waals surface area contributed by atoms with Crippen molar-refractivity contribution in [1.82, 2.24) is 15.0 Å². The molecule has 7 rings (SSSR count). The summed E-state index contributed by atoms with van der Waals surface area (Å²) >= 11 is 0. The van der Waals surface area contributed by atoms with E-state index < -0.39 is 5.95 Å². The zero-order valence-electron chi connectivity index (χ0n) is 22.4. The van der Waals surface area contributed by atoms with Gasteiger partial charge in [0.15, 0.2) is 0 Å². The number of fused-ring (bicyclic) bond motifs is 3. The number of furan rings is 1. The molecule has 0 aliphatic rings. The molecular formula is C35H24FIrN3O-2. The Hall–Kier alpha value is -4.51. The zero-order valence-corrected chi connectivity index (χ0v) is 24.7. The van der Waals surface area contributed by atoms with E-state index >= 15 is 0 Å². The van der Waals surface area contributed by atoms with E-state index in [2.05, 4.69) is 48.1 Å². The maximum atomic E-state index is 13.6. The van der Waals surface area contributed by atoms with Gasteiger partial charge in [-0.25, -0.2) is 4.98 Å². The molecule has 0 fully saturated rings. The van der Waals surface area contributed by atoms with Crippen molar-refractivity contribution >= 4 is 22.1 Å². The number of aryl methyl sites for hydroxylation is 2. The standard InChI is InChI=1S/C24H16FN2O.C11H8N.Ir/c1-14-6-3-7-15(2)22(14)20-13-12-17-16-8-4-9-18(23(16)28-24(17)27-20)19-10-5-11-21(25)26-19;1-2-6-10(7-3-1)11-8-4-5-9-12-11;/h3-8,10-13H,1-2H3;1-6,8-9H;/q2*-1;. The van der Waals surface area contributed by atoms with E-state index in [0.29, 0.717) is 22.6 Å². The molecule has 41 heavy (non-hydrogen) atoms. The molecule has 0 aliphatic carbocycles. The third kappa shape index (κ3) is 5.85. The molecule has 7 aromatic rings. The summed E-state index contributed by atoms with van der Waals surface area (Å²) in [5.41, 5.74) is 8.61. The molecule has 1 radical (unpaired) electrons. The van der Waals surface area contributed by atoms with E-state index in [1.165, 1.54) is 17.2 Å². The molecule has 0 aliphatic heterocycles. The van der Waals surface area contributed by atoms with E-state index in [-0.39, 0.29) is 20.1 Å². The van der Waals surface area contributed by atoms with Crippen molar-refractivity contribution in [2.45, 2.75) is 13.8 Å². The van der Waals surface area contributed by atoms with Crippen molar-refractivity contribution in [1.29, 1.82) is 0 Å². The van der Waals surface area contributed by atoms with Gasteiger partial charge >= 0.3 is 0 Å². The van der Waals surface area contributed by atoms with E-state index in [4.69, 9.17) is 9.40 Å². The minimum Gasteiger partial charge on any atom is -0.486 e. The van der Waals surface area contributed by atoms with Gasteiger partial charge in [0.05, 0.1) is 11.3 Å². The minimum absolute atomic E-state index is 0. The average molecular weight is 714 g/mol. The molecule has 4 nitrogen and oxygen atoms in total.